The molecule has 1 heterocycles. The first-order valence-corrected chi connectivity index (χ1v) is 7.85. The van der Waals surface area contributed by atoms with Gasteiger partial charge in [0.25, 0.3) is 0 Å². The van der Waals surface area contributed by atoms with E-state index in [1.807, 2.05) is 14.0 Å². The Kier molecular flexibility index (Phi) is 4.86. The van der Waals surface area contributed by atoms with Gasteiger partial charge >= 0.3 is 0 Å². The molecule has 20 heavy (non-hydrogen) atoms. The first kappa shape index (κ1) is 15.5. The zero-order valence-electron chi connectivity index (χ0n) is 13.4. The molecule has 0 amide bonds. The third kappa shape index (κ3) is 3.07. The van der Waals surface area contributed by atoms with Gasteiger partial charge in [0.1, 0.15) is 0 Å². The third-order valence-electron chi connectivity index (χ3n) is 4.79. The lowest BCUT2D eigenvalue weighted by Gasteiger charge is -2.43. The molecule has 2 N–H and O–H groups in total. The standard InChI is InChI=1S/C16H29N3O/c1-5-19-14(9-13(3)18-19)10-15(17)16(20-4)8-6-7-12(2)11-16/h9,12,15H,5-8,10-11,17H2,1-4H3. The summed E-state index contributed by atoms with van der Waals surface area (Å²) in [4.78, 5) is 0. The summed E-state index contributed by atoms with van der Waals surface area (Å²) in [5.74, 6) is 0.701. The van der Waals surface area contributed by atoms with Gasteiger partial charge < -0.3 is 10.5 Å². The van der Waals surface area contributed by atoms with E-state index in [2.05, 4.69) is 29.7 Å². The van der Waals surface area contributed by atoms with E-state index >= 15 is 0 Å². The Hall–Kier alpha value is -0.870. The monoisotopic (exact) mass is 279 g/mol. The van der Waals surface area contributed by atoms with E-state index in [4.69, 9.17) is 10.5 Å². The van der Waals surface area contributed by atoms with Crippen LogP contribution >= 0.6 is 0 Å². The van der Waals surface area contributed by atoms with Gasteiger partial charge in [-0.05, 0) is 38.7 Å². The maximum Gasteiger partial charge on any atom is 0.0835 e. The van der Waals surface area contributed by atoms with Crippen molar-refractivity contribution in [3.63, 3.8) is 0 Å². The van der Waals surface area contributed by atoms with Gasteiger partial charge in [-0.25, -0.2) is 0 Å². The summed E-state index contributed by atoms with van der Waals surface area (Å²) >= 11 is 0. The molecule has 1 aromatic heterocycles. The van der Waals surface area contributed by atoms with Crippen molar-refractivity contribution in [3.8, 4) is 0 Å². The zero-order chi connectivity index (χ0) is 14.8. The van der Waals surface area contributed by atoms with E-state index in [1.165, 1.54) is 18.5 Å². The summed E-state index contributed by atoms with van der Waals surface area (Å²) in [7, 11) is 1.82. The lowest BCUT2D eigenvalue weighted by Crippen LogP contribution is -2.53. The topological polar surface area (TPSA) is 53.1 Å². The van der Waals surface area contributed by atoms with Crippen LogP contribution < -0.4 is 5.73 Å². The van der Waals surface area contributed by atoms with Crippen LogP contribution in [0.15, 0.2) is 6.07 Å². The fourth-order valence-electron chi connectivity index (χ4n) is 3.67. The predicted molar refractivity (Wildman–Crippen MR) is 81.7 cm³/mol. The minimum absolute atomic E-state index is 0.0386. The van der Waals surface area contributed by atoms with Crippen molar-refractivity contribution in [2.45, 2.75) is 71.1 Å². The highest BCUT2D eigenvalue weighted by Crippen LogP contribution is 2.37. The van der Waals surface area contributed by atoms with Crippen molar-refractivity contribution in [2.75, 3.05) is 7.11 Å². The number of nitrogens with two attached hydrogens (primary N) is 1. The van der Waals surface area contributed by atoms with Crippen LogP contribution in [-0.4, -0.2) is 28.5 Å². The van der Waals surface area contributed by atoms with Crippen molar-refractivity contribution in [1.82, 2.24) is 9.78 Å². The molecule has 0 aliphatic heterocycles. The van der Waals surface area contributed by atoms with Crippen molar-refractivity contribution < 1.29 is 4.74 Å². The Morgan fingerprint density at radius 2 is 2.35 bits per heavy atom. The number of hydrogen-bond donors (Lipinski definition) is 1. The van der Waals surface area contributed by atoms with E-state index in [1.54, 1.807) is 0 Å². The number of ether oxygens (including phenoxy) is 1. The van der Waals surface area contributed by atoms with Gasteiger partial charge in [-0.15, -0.1) is 0 Å². The highest BCUT2D eigenvalue weighted by molar-refractivity contribution is 5.12. The Balaban J connectivity index is 2.14. The van der Waals surface area contributed by atoms with E-state index < -0.39 is 0 Å². The lowest BCUT2D eigenvalue weighted by molar-refractivity contribution is -0.0708. The lowest BCUT2D eigenvalue weighted by atomic mass is 9.73. The maximum atomic E-state index is 6.55. The molecule has 1 aliphatic rings. The van der Waals surface area contributed by atoms with Crippen LogP contribution in [0.2, 0.25) is 0 Å². The highest BCUT2D eigenvalue weighted by Gasteiger charge is 2.40. The number of aryl methyl sites for hydroxylation is 2. The van der Waals surface area contributed by atoms with Crippen LogP contribution in [0.1, 0.15) is 50.9 Å². The molecule has 0 saturated heterocycles. The maximum absolute atomic E-state index is 6.55. The molecule has 1 fully saturated rings. The Labute approximate surface area is 122 Å². The zero-order valence-corrected chi connectivity index (χ0v) is 13.4. The number of methoxy groups -OCH3 is 1. The van der Waals surface area contributed by atoms with Crippen LogP contribution in [0, 0.1) is 12.8 Å². The number of hydrogen-bond acceptors (Lipinski definition) is 3. The molecule has 1 saturated carbocycles. The van der Waals surface area contributed by atoms with Crippen LogP contribution in [0.3, 0.4) is 0 Å². The molecular formula is C16H29N3O. The van der Waals surface area contributed by atoms with E-state index in [9.17, 15) is 0 Å². The SMILES string of the molecule is CCn1nc(C)cc1CC(N)C1(OC)CCCC(C)C1. The second-order valence-corrected chi connectivity index (χ2v) is 6.37. The number of nitrogens with zero attached hydrogens (tertiary/aromatic N) is 2. The predicted octanol–water partition coefficient (Wildman–Crippen LogP) is 2.68. The van der Waals surface area contributed by atoms with E-state index in [0.29, 0.717) is 5.92 Å². The molecule has 4 nitrogen and oxygen atoms in total. The fraction of sp³-hybridized carbons (Fsp3) is 0.812. The summed E-state index contributed by atoms with van der Waals surface area (Å²) in [5, 5.41) is 4.51. The molecule has 0 spiro atoms. The third-order valence-corrected chi connectivity index (χ3v) is 4.79. The van der Waals surface area contributed by atoms with Gasteiger partial charge in [0.2, 0.25) is 0 Å². The first-order chi connectivity index (χ1) is 9.50. The van der Waals surface area contributed by atoms with Crippen LogP contribution in [-0.2, 0) is 17.7 Å². The summed E-state index contributed by atoms with van der Waals surface area (Å²) in [6.07, 6.45) is 5.51. The quantitative estimate of drug-likeness (QED) is 0.901. The highest BCUT2D eigenvalue weighted by atomic mass is 16.5. The second-order valence-electron chi connectivity index (χ2n) is 6.37. The first-order valence-electron chi connectivity index (χ1n) is 7.85. The molecule has 3 atom stereocenters. The van der Waals surface area contributed by atoms with Crippen molar-refractivity contribution in [3.05, 3.63) is 17.5 Å². The minimum atomic E-state index is -0.158. The van der Waals surface area contributed by atoms with Crippen LogP contribution in [0.5, 0.6) is 0 Å². The Bertz CT molecular complexity index is 443. The summed E-state index contributed by atoms with van der Waals surface area (Å²) in [6, 6.07) is 2.19. The number of rotatable bonds is 5. The molecular weight excluding hydrogens is 250 g/mol. The normalized spacial score (nSPS) is 28.6. The van der Waals surface area contributed by atoms with Crippen molar-refractivity contribution in [1.29, 1.82) is 0 Å². The van der Waals surface area contributed by atoms with E-state index in [0.717, 1.165) is 31.5 Å². The molecule has 0 radical (unpaired) electrons. The Morgan fingerprint density at radius 1 is 1.60 bits per heavy atom. The van der Waals surface area contributed by atoms with Gasteiger partial charge in [-0.2, -0.15) is 5.10 Å². The van der Waals surface area contributed by atoms with Gasteiger partial charge in [0.15, 0.2) is 0 Å². The Morgan fingerprint density at radius 3 is 2.95 bits per heavy atom. The fourth-order valence-corrected chi connectivity index (χ4v) is 3.67. The van der Waals surface area contributed by atoms with Crippen LogP contribution in [0.4, 0.5) is 0 Å². The summed E-state index contributed by atoms with van der Waals surface area (Å²) < 4.78 is 7.97. The summed E-state index contributed by atoms with van der Waals surface area (Å²) in [5.41, 5.74) is 8.69. The minimum Gasteiger partial charge on any atom is -0.377 e. The molecule has 3 unspecified atom stereocenters. The second kappa shape index (κ2) is 6.27. The smallest absolute Gasteiger partial charge is 0.0835 e. The largest absolute Gasteiger partial charge is 0.377 e. The van der Waals surface area contributed by atoms with Gasteiger partial charge in [-0.1, -0.05) is 19.8 Å². The van der Waals surface area contributed by atoms with Crippen molar-refractivity contribution >= 4 is 0 Å². The van der Waals surface area contributed by atoms with Crippen LogP contribution in [0.25, 0.3) is 0 Å². The molecule has 0 bridgehead atoms. The molecule has 1 aromatic rings. The number of aromatic nitrogens is 2. The van der Waals surface area contributed by atoms with E-state index in [-0.39, 0.29) is 11.6 Å². The summed E-state index contributed by atoms with van der Waals surface area (Å²) in [6.45, 7) is 7.36. The molecule has 114 valence electrons. The van der Waals surface area contributed by atoms with Gasteiger partial charge in [0.05, 0.1) is 11.3 Å². The van der Waals surface area contributed by atoms with Gasteiger partial charge in [-0.3, -0.25) is 4.68 Å². The molecule has 2 rings (SSSR count). The average molecular weight is 279 g/mol. The molecule has 4 heteroatoms. The van der Waals surface area contributed by atoms with Crippen molar-refractivity contribution in [2.24, 2.45) is 11.7 Å². The molecule has 1 aliphatic carbocycles. The average Bonchev–Trinajstić information content (AvgIpc) is 2.78. The van der Waals surface area contributed by atoms with Gasteiger partial charge in [0, 0.05) is 31.8 Å². The molecule has 0 aromatic carbocycles.